The number of likely N-dealkylation sites (N-methyl/N-ethyl adjacent to an activating group) is 1. The fourth-order valence-corrected chi connectivity index (χ4v) is 6.04. The second kappa shape index (κ2) is 10.4. The van der Waals surface area contributed by atoms with Crippen molar-refractivity contribution in [1.29, 1.82) is 0 Å². The number of carbonyl (C=O) groups is 1. The van der Waals surface area contributed by atoms with E-state index in [-0.39, 0.29) is 22.4 Å². The molecule has 1 aliphatic carbocycles. The number of sulfonamides is 1. The average molecular weight is 491 g/mol. The number of nitrogens with one attached hydrogen (secondary N) is 2. The Balaban J connectivity index is 1.52. The highest BCUT2D eigenvalue weighted by Gasteiger charge is 2.24. The van der Waals surface area contributed by atoms with Crippen molar-refractivity contribution in [2.45, 2.75) is 43.5 Å². The van der Waals surface area contributed by atoms with Crippen LogP contribution in [-0.2, 0) is 10.0 Å². The number of rotatable bonds is 7. The zero-order valence-electron chi connectivity index (χ0n) is 18.9. The van der Waals surface area contributed by atoms with Gasteiger partial charge in [0.05, 0.1) is 16.3 Å². The fourth-order valence-electron chi connectivity index (χ4n) is 4.52. The molecule has 178 valence electrons. The number of hydrogen-bond donors (Lipinski definition) is 2. The van der Waals surface area contributed by atoms with Crippen LogP contribution >= 0.6 is 11.6 Å². The zero-order valence-corrected chi connectivity index (χ0v) is 20.5. The van der Waals surface area contributed by atoms with Gasteiger partial charge in [0.2, 0.25) is 10.0 Å². The maximum atomic E-state index is 13.1. The quantitative estimate of drug-likeness (QED) is 0.614. The molecule has 0 spiro atoms. The molecule has 1 aliphatic heterocycles. The number of hydrogen-bond acceptors (Lipinski definition) is 5. The van der Waals surface area contributed by atoms with Gasteiger partial charge in [-0.25, -0.2) is 13.1 Å². The Morgan fingerprint density at radius 3 is 2.48 bits per heavy atom. The maximum Gasteiger partial charge on any atom is 0.255 e. The Morgan fingerprint density at radius 2 is 1.79 bits per heavy atom. The molecule has 9 heteroatoms. The van der Waals surface area contributed by atoms with Crippen LogP contribution in [0.1, 0.15) is 43.0 Å². The van der Waals surface area contributed by atoms with Gasteiger partial charge in [0.25, 0.3) is 5.91 Å². The summed E-state index contributed by atoms with van der Waals surface area (Å²) in [6, 6.07) is 11.6. The van der Waals surface area contributed by atoms with Crippen LogP contribution in [0.25, 0.3) is 0 Å². The number of halogens is 1. The van der Waals surface area contributed by atoms with E-state index in [9.17, 15) is 13.2 Å². The van der Waals surface area contributed by atoms with Crippen LogP contribution in [0.15, 0.2) is 47.4 Å². The smallest absolute Gasteiger partial charge is 0.255 e. The number of piperazine rings is 1. The molecule has 4 rings (SSSR count). The lowest BCUT2D eigenvalue weighted by Gasteiger charge is -2.36. The first kappa shape index (κ1) is 24.0. The molecule has 0 unspecified atom stereocenters. The third-order valence-corrected chi connectivity index (χ3v) is 8.20. The Morgan fingerprint density at radius 1 is 1.06 bits per heavy atom. The predicted molar refractivity (Wildman–Crippen MR) is 133 cm³/mol. The second-order valence-corrected chi connectivity index (χ2v) is 10.8. The van der Waals surface area contributed by atoms with E-state index in [0.717, 1.165) is 64.1 Å². The van der Waals surface area contributed by atoms with Crippen molar-refractivity contribution in [3.05, 3.63) is 53.1 Å². The lowest BCUT2D eigenvalue weighted by Crippen LogP contribution is -2.46. The highest BCUT2D eigenvalue weighted by Crippen LogP contribution is 2.31. The van der Waals surface area contributed by atoms with Gasteiger partial charge in [0.15, 0.2) is 0 Å². The molecule has 1 saturated heterocycles. The topological polar surface area (TPSA) is 81.8 Å². The summed E-state index contributed by atoms with van der Waals surface area (Å²) < 4.78 is 28.4. The summed E-state index contributed by atoms with van der Waals surface area (Å²) in [7, 11) is -3.68. The molecular formula is C24H31ClN4O3S. The van der Waals surface area contributed by atoms with E-state index in [2.05, 4.69) is 26.8 Å². The van der Waals surface area contributed by atoms with Gasteiger partial charge < -0.3 is 15.1 Å². The van der Waals surface area contributed by atoms with Crippen LogP contribution in [0.2, 0.25) is 5.02 Å². The Labute approximate surface area is 201 Å². The van der Waals surface area contributed by atoms with Gasteiger partial charge in [-0.15, -0.1) is 0 Å². The van der Waals surface area contributed by atoms with E-state index < -0.39 is 10.0 Å². The predicted octanol–water partition coefficient (Wildman–Crippen LogP) is 3.96. The third-order valence-electron chi connectivity index (χ3n) is 6.45. The van der Waals surface area contributed by atoms with Crippen LogP contribution in [0.3, 0.4) is 0 Å². The summed E-state index contributed by atoms with van der Waals surface area (Å²) in [6.45, 7) is 6.81. The first-order chi connectivity index (χ1) is 15.9. The number of carbonyl (C=O) groups excluding carboxylic acids is 1. The van der Waals surface area contributed by atoms with E-state index in [1.807, 2.05) is 12.1 Å². The van der Waals surface area contributed by atoms with Crippen molar-refractivity contribution >= 4 is 38.9 Å². The lowest BCUT2D eigenvalue weighted by molar-refractivity contribution is 0.102. The van der Waals surface area contributed by atoms with Crippen molar-refractivity contribution in [2.75, 3.05) is 42.9 Å². The molecule has 1 amide bonds. The van der Waals surface area contributed by atoms with E-state index >= 15 is 0 Å². The summed E-state index contributed by atoms with van der Waals surface area (Å²) in [5, 5.41) is 3.47. The fraction of sp³-hybridized carbons (Fsp3) is 0.458. The molecular weight excluding hydrogens is 460 g/mol. The van der Waals surface area contributed by atoms with Crippen LogP contribution in [0, 0.1) is 0 Å². The van der Waals surface area contributed by atoms with Crippen LogP contribution in [-0.4, -0.2) is 58.0 Å². The third kappa shape index (κ3) is 5.87. The van der Waals surface area contributed by atoms with Gasteiger partial charge in [0.1, 0.15) is 0 Å². The average Bonchev–Trinajstić information content (AvgIpc) is 3.32. The minimum Gasteiger partial charge on any atom is -0.367 e. The summed E-state index contributed by atoms with van der Waals surface area (Å²) in [5.41, 5.74) is 1.82. The Hall–Kier alpha value is -2.13. The molecule has 33 heavy (non-hydrogen) atoms. The molecule has 1 saturated carbocycles. The Kier molecular flexibility index (Phi) is 7.58. The largest absolute Gasteiger partial charge is 0.367 e. The van der Waals surface area contributed by atoms with Crippen LogP contribution in [0.4, 0.5) is 11.4 Å². The zero-order chi connectivity index (χ0) is 23.4. The van der Waals surface area contributed by atoms with Gasteiger partial charge >= 0.3 is 0 Å². The van der Waals surface area contributed by atoms with Gasteiger partial charge in [-0.3, -0.25) is 4.79 Å². The first-order valence-electron chi connectivity index (χ1n) is 11.6. The minimum atomic E-state index is -3.68. The summed E-state index contributed by atoms with van der Waals surface area (Å²) in [5.74, 6) is -0.372. The number of amides is 1. The molecule has 2 fully saturated rings. The summed E-state index contributed by atoms with van der Waals surface area (Å²) >= 11 is 6.23. The first-order valence-corrected chi connectivity index (χ1v) is 13.4. The maximum absolute atomic E-state index is 13.1. The highest BCUT2D eigenvalue weighted by atomic mass is 35.5. The van der Waals surface area contributed by atoms with Crippen LogP contribution in [0.5, 0.6) is 0 Å². The highest BCUT2D eigenvalue weighted by molar-refractivity contribution is 7.89. The molecule has 0 bridgehead atoms. The summed E-state index contributed by atoms with van der Waals surface area (Å²) in [4.78, 5) is 17.8. The van der Waals surface area contributed by atoms with Crippen molar-refractivity contribution in [2.24, 2.45) is 0 Å². The Bertz CT molecular complexity index is 1090. The van der Waals surface area contributed by atoms with E-state index in [4.69, 9.17) is 11.6 Å². The van der Waals surface area contributed by atoms with E-state index in [0.29, 0.717) is 10.7 Å². The van der Waals surface area contributed by atoms with Gasteiger partial charge in [-0.05, 0) is 55.8 Å². The molecule has 2 aromatic rings. The van der Waals surface area contributed by atoms with E-state index in [1.54, 1.807) is 18.2 Å². The number of benzene rings is 2. The lowest BCUT2D eigenvalue weighted by atomic mass is 10.1. The number of nitrogens with zero attached hydrogens (tertiary/aromatic N) is 2. The van der Waals surface area contributed by atoms with Gasteiger partial charge in [-0.2, -0.15) is 0 Å². The van der Waals surface area contributed by atoms with Gasteiger partial charge in [0, 0.05) is 42.8 Å². The van der Waals surface area contributed by atoms with Gasteiger partial charge in [-0.1, -0.05) is 37.4 Å². The minimum absolute atomic E-state index is 0.0327. The molecule has 2 aromatic carbocycles. The molecule has 2 N–H and O–H groups in total. The molecule has 0 radical (unpaired) electrons. The molecule has 0 atom stereocenters. The van der Waals surface area contributed by atoms with Crippen LogP contribution < -0.4 is 14.9 Å². The molecule has 7 nitrogen and oxygen atoms in total. The molecule has 2 aliphatic rings. The standard InChI is InChI=1S/C24H31ClN4O3S/c1-2-28-12-14-29(15-13-28)23-11-10-19(25)17-22(23)26-24(30)18-6-5-9-21(16-18)33(31,32)27-20-7-3-4-8-20/h5-6,9-11,16-17,20,27H,2-4,7-8,12-15H2,1H3,(H,26,30). The SMILES string of the molecule is CCN1CCN(c2ccc(Cl)cc2NC(=O)c2cccc(S(=O)(=O)NC3CCCC3)c2)CC1. The summed E-state index contributed by atoms with van der Waals surface area (Å²) in [6.07, 6.45) is 3.77. The molecule has 0 aromatic heterocycles. The van der Waals surface area contributed by atoms with Crippen molar-refractivity contribution in [3.63, 3.8) is 0 Å². The van der Waals surface area contributed by atoms with Crippen molar-refractivity contribution in [1.82, 2.24) is 9.62 Å². The monoisotopic (exact) mass is 490 g/mol. The van der Waals surface area contributed by atoms with Crippen molar-refractivity contribution in [3.8, 4) is 0 Å². The van der Waals surface area contributed by atoms with E-state index in [1.165, 1.54) is 12.1 Å². The molecule has 1 heterocycles. The normalized spacial score (nSPS) is 17.9. The van der Waals surface area contributed by atoms with Crippen molar-refractivity contribution < 1.29 is 13.2 Å². The number of anilines is 2. The second-order valence-electron chi connectivity index (χ2n) is 8.67.